The van der Waals surface area contributed by atoms with Gasteiger partial charge in [-0.3, -0.25) is 9.59 Å². The van der Waals surface area contributed by atoms with Gasteiger partial charge in [0.1, 0.15) is 0 Å². The van der Waals surface area contributed by atoms with Gasteiger partial charge in [-0.05, 0) is 19.3 Å². The zero-order valence-electron chi connectivity index (χ0n) is 13.7. The van der Waals surface area contributed by atoms with Crippen LogP contribution in [-0.4, -0.2) is 36.5 Å². The standard InChI is InChI=1S/C17H28N2O3/c1-2-22-17(21)11-14-19(13-6-12-18)16(20)10-9-15-7-4-3-5-8-15/h15H,2-11,13-14H2,1H3. The quantitative estimate of drug-likeness (QED) is 0.614. The second-order valence-corrected chi connectivity index (χ2v) is 5.89. The molecule has 1 fully saturated rings. The van der Waals surface area contributed by atoms with Gasteiger partial charge in [-0.1, -0.05) is 32.1 Å². The van der Waals surface area contributed by atoms with Crippen LogP contribution in [0.5, 0.6) is 0 Å². The first-order valence-electron chi connectivity index (χ1n) is 8.47. The minimum atomic E-state index is -0.287. The summed E-state index contributed by atoms with van der Waals surface area (Å²) < 4.78 is 4.89. The van der Waals surface area contributed by atoms with Crippen LogP contribution in [0.25, 0.3) is 0 Å². The third kappa shape index (κ3) is 7.44. The van der Waals surface area contributed by atoms with Crippen molar-refractivity contribution < 1.29 is 14.3 Å². The molecule has 0 heterocycles. The van der Waals surface area contributed by atoms with Crippen LogP contribution in [0.15, 0.2) is 0 Å². The molecule has 0 spiro atoms. The van der Waals surface area contributed by atoms with Gasteiger partial charge in [0.25, 0.3) is 0 Å². The van der Waals surface area contributed by atoms with Crippen LogP contribution in [0, 0.1) is 17.2 Å². The van der Waals surface area contributed by atoms with Crippen molar-refractivity contribution >= 4 is 11.9 Å². The normalized spacial score (nSPS) is 15.1. The molecule has 0 bridgehead atoms. The molecular formula is C17H28N2O3. The highest BCUT2D eigenvalue weighted by Gasteiger charge is 2.19. The number of hydrogen-bond donors (Lipinski definition) is 0. The number of carbonyl (C=O) groups is 2. The summed E-state index contributed by atoms with van der Waals surface area (Å²) in [5, 5.41) is 8.71. The molecule has 5 heteroatoms. The van der Waals surface area contributed by atoms with Crippen LogP contribution >= 0.6 is 0 Å². The van der Waals surface area contributed by atoms with Crippen molar-refractivity contribution in [1.29, 1.82) is 5.26 Å². The van der Waals surface area contributed by atoms with Crippen molar-refractivity contribution in [2.45, 2.75) is 64.7 Å². The second kappa shape index (κ2) is 11.1. The first-order chi connectivity index (χ1) is 10.7. The van der Waals surface area contributed by atoms with Gasteiger partial charge in [0, 0.05) is 19.5 Å². The maximum atomic E-state index is 12.3. The highest BCUT2D eigenvalue weighted by Crippen LogP contribution is 2.27. The van der Waals surface area contributed by atoms with Crippen LogP contribution in [0.2, 0.25) is 0 Å². The van der Waals surface area contributed by atoms with E-state index in [1.165, 1.54) is 32.1 Å². The van der Waals surface area contributed by atoms with Gasteiger partial charge < -0.3 is 9.64 Å². The molecule has 5 nitrogen and oxygen atoms in total. The predicted octanol–water partition coefficient (Wildman–Crippen LogP) is 3.04. The number of nitriles is 1. The van der Waals surface area contributed by atoms with Crippen molar-refractivity contribution in [3.63, 3.8) is 0 Å². The van der Waals surface area contributed by atoms with E-state index in [9.17, 15) is 9.59 Å². The number of ether oxygens (including phenoxy) is 1. The molecular weight excluding hydrogens is 280 g/mol. The van der Waals surface area contributed by atoms with E-state index in [0.29, 0.717) is 38.5 Å². The molecule has 0 aliphatic heterocycles. The lowest BCUT2D eigenvalue weighted by Gasteiger charge is -2.24. The summed E-state index contributed by atoms with van der Waals surface area (Å²) in [5.41, 5.74) is 0. The number of esters is 1. The Morgan fingerprint density at radius 2 is 1.91 bits per heavy atom. The van der Waals surface area contributed by atoms with Crippen molar-refractivity contribution in [3.05, 3.63) is 0 Å². The van der Waals surface area contributed by atoms with Crippen LogP contribution in [0.3, 0.4) is 0 Å². The Hall–Kier alpha value is -1.57. The fourth-order valence-electron chi connectivity index (χ4n) is 2.97. The number of hydrogen-bond acceptors (Lipinski definition) is 4. The lowest BCUT2D eigenvalue weighted by Crippen LogP contribution is -2.34. The average Bonchev–Trinajstić information content (AvgIpc) is 2.54. The molecule has 0 N–H and O–H groups in total. The topological polar surface area (TPSA) is 70.4 Å². The van der Waals surface area contributed by atoms with E-state index < -0.39 is 0 Å². The molecule has 1 amide bonds. The summed E-state index contributed by atoms with van der Waals surface area (Å²) in [6.45, 7) is 2.87. The van der Waals surface area contributed by atoms with Gasteiger partial charge in [0.05, 0.1) is 25.5 Å². The molecule has 0 saturated heterocycles. The fourth-order valence-corrected chi connectivity index (χ4v) is 2.97. The predicted molar refractivity (Wildman–Crippen MR) is 83.9 cm³/mol. The van der Waals surface area contributed by atoms with Gasteiger partial charge in [0.2, 0.25) is 5.91 Å². The van der Waals surface area contributed by atoms with Crippen molar-refractivity contribution in [1.82, 2.24) is 4.90 Å². The monoisotopic (exact) mass is 308 g/mol. The van der Waals surface area contributed by atoms with E-state index in [-0.39, 0.29) is 18.3 Å². The van der Waals surface area contributed by atoms with Crippen LogP contribution < -0.4 is 0 Å². The Labute approximate surface area is 133 Å². The molecule has 1 rings (SSSR count). The summed E-state index contributed by atoms with van der Waals surface area (Å²) in [5.74, 6) is 0.440. The molecule has 0 aromatic rings. The van der Waals surface area contributed by atoms with Crippen molar-refractivity contribution in [2.24, 2.45) is 5.92 Å². The lowest BCUT2D eigenvalue weighted by atomic mass is 9.86. The third-order valence-corrected chi connectivity index (χ3v) is 4.23. The first kappa shape index (κ1) is 18.5. The van der Waals surface area contributed by atoms with Crippen molar-refractivity contribution in [2.75, 3.05) is 19.7 Å². The highest BCUT2D eigenvalue weighted by atomic mass is 16.5. The fraction of sp³-hybridized carbons (Fsp3) is 0.824. The summed E-state index contributed by atoms with van der Waals surface area (Å²) >= 11 is 0. The molecule has 0 radical (unpaired) electrons. The van der Waals surface area contributed by atoms with Gasteiger partial charge in [-0.2, -0.15) is 5.26 Å². The van der Waals surface area contributed by atoms with Gasteiger partial charge in [-0.25, -0.2) is 0 Å². The van der Waals surface area contributed by atoms with E-state index >= 15 is 0 Å². The SMILES string of the molecule is CCOC(=O)CCN(CCC#N)C(=O)CCC1CCCCC1. The Bertz CT molecular complexity index is 384. The molecule has 0 unspecified atom stereocenters. The number of rotatable bonds is 9. The smallest absolute Gasteiger partial charge is 0.307 e. The van der Waals surface area contributed by atoms with E-state index in [4.69, 9.17) is 10.00 Å². The molecule has 1 aliphatic carbocycles. The third-order valence-electron chi connectivity index (χ3n) is 4.23. The Morgan fingerprint density at radius 1 is 1.18 bits per heavy atom. The molecule has 1 saturated carbocycles. The van der Waals surface area contributed by atoms with Crippen LogP contribution in [0.1, 0.15) is 64.7 Å². The second-order valence-electron chi connectivity index (χ2n) is 5.89. The lowest BCUT2D eigenvalue weighted by molar-refractivity contribution is -0.144. The van der Waals surface area contributed by atoms with Crippen molar-refractivity contribution in [3.8, 4) is 6.07 Å². The van der Waals surface area contributed by atoms with Crippen LogP contribution in [-0.2, 0) is 14.3 Å². The Kier molecular flexibility index (Phi) is 9.29. The summed E-state index contributed by atoms with van der Waals surface area (Å²) in [4.78, 5) is 25.4. The van der Waals surface area contributed by atoms with E-state index in [1.54, 1.807) is 11.8 Å². The molecule has 1 aliphatic rings. The Balaban J connectivity index is 2.37. The maximum absolute atomic E-state index is 12.3. The number of nitrogens with zero attached hydrogens (tertiary/aromatic N) is 2. The van der Waals surface area contributed by atoms with Crippen LogP contribution in [0.4, 0.5) is 0 Å². The summed E-state index contributed by atoms with van der Waals surface area (Å²) in [6, 6.07) is 2.06. The Morgan fingerprint density at radius 3 is 2.55 bits per heavy atom. The molecule has 0 aromatic heterocycles. The zero-order valence-corrected chi connectivity index (χ0v) is 13.7. The highest BCUT2D eigenvalue weighted by molar-refractivity contribution is 5.77. The largest absolute Gasteiger partial charge is 0.466 e. The van der Waals surface area contributed by atoms with Gasteiger partial charge >= 0.3 is 5.97 Å². The summed E-state index contributed by atoms with van der Waals surface area (Å²) in [6.07, 6.45) is 8.30. The van der Waals surface area contributed by atoms with Gasteiger partial charge in [-0.15, -0.1) is 0 Å². The van der Waals surface area contributed by atoms with E-state index in [2.05, 4.69) is 6.07 Å². The first-order valence-corrected chi connectivity index (χ1v) is 8.47. The summed E-state index contributed by atoms with van der Waals surface area (Å²) in [7, 11) is 0. The zero-order chi connectivity index (χ0) is 16.2. The maximum Gasteiger partial charge on any atom is 0.307 e. The molecule has 22 heavy (non-hydrogen) atoms. The molecule has 124 valence electrons. The average molecular weight is 308 g/mol. The van der Waals surface area contributed by atoms with E-state index in [0.717, 1.165) is 6.42 Å². The van der Waals surface area contributed by atoms with E-state index in [1.807, 2.05) is 0 Å². The number of amides is 1. The van der Waals surface area contributed by atoms with Gasteiger partial charge in [0.15, 0.2) is 0 Å². The minimum absolute atomic E-state index is 0.0603. The number of carbonyl (C=O) groups excluding carboxylic acids is 2. The molecule has 0 atom stereocenters. The minimum Gasteiger partial charge on any atom is -0.466 e. The molecule has 0 aromatic carbocycles.